The van der Waals surface area contributed by atoms with E-state index in [2.05, 4.69) is 61.3 Å². The van der Waals surface area contributed by atoms with E-state index in [-0.39, 0.29) is 0 Å². The summed E-state index contributed by atoms with van der Waals surface area (Å²) in [7, 11) is 0. The molecular formula is C15H26N2. The highest BCUT2D eigenvalue weighted by molar-refractivity contribution is 5.45. The van der Waals surface area contributed by atoms with Crippen molar-refractivity contribution in [3.05, 3.63) is 30.3 Å². The second-order valence-corrected chi connectivity index (χ2v) is 4.87. The SMILES string of the molecule is CCN(CCCNCC(C)C)c1ccccc1. The van der Waals surface area contributed by atoms with Crippen LogP contribution in [0.2, 0.25) is 0 Å². The van der Waals surface area contributed by atoms with Gasteiger partial charge in [0.15, 0.2) is 0 Å². The van der Waals surface area contributed by atoms with Gasteiger partial charge in [0.1, 0.15) is 0 Å². The Morgan fingerprint density at radius 3 is 2.47 bits per heavy atom. The minimum atomic E-state index is 0.742. The fourth-order valence-electron chi connectivity index (χ4n) is 1.89. The van der Waals surface area contributed by atoms with Crippen LogP contribution in [0.1, 0.15) is 27.2 Å². The van der Waals surface area contributed by atoms with Gasteiger partial charge < -0.3 is 10.2 Å². The fourth-order valence-corrected chi connectivity index (χ4v) is 1.89. The molecule has 0 aliphatic rings. The second kappa shape index (κ2) is 8.13. The van der Waals surface area contributed by atoms with E-state index in [1.807, 2.05) is 0 Å². The molecule has 0 amide bonds. The molecule has 1 aromatic carbocycles. The number of para-hydroxylation sites is 1. The number of anilines is 1. The van der Waals surface area contributed by atoms with Crippen LogP contribution in [-0.4, -0.2) is 26.2 Å². The normalized spacial score (nSPS) is 10.8. The molecule has 2 nitrogen and oxygen atoms in total. The van der Waals surface area contributed by atoms with Crippen LogP contribution in [0.15, 0.2) is 30.3 Å². The lowest BCUT2D eigenvalue weighted by molar-refractivity contribution is 0.541. The van der Waals surface area contributed by atoms with Crippen LogP contribution < -0.4 is 10.2 Å². The Kier molecular flexibility index (Phi) is 6.71. The van der Waals surface area contributed by atoms with Crippen molar-refractivity contribution >= 4 is 5.69 Å². The molecule has 1 rings (SSSR count). The predicted molar refractivity (Wildman–Crippen MR) is 76.7 cm³/mol. The molecule has 0 aliphatic carbocycles. The van der Waals surface area contributed by atoms with Crippen molar-refractivity contribution < 1.29 is 0 Å². The Balaban J connectivity index is 2.24. The molecule has 0 atom stereocenters. The monoisotopic (exact) mass is 234 g/mol. The van der Waals surface area contributed by atoms with E-state index in [9.17, 15) is 0 Å². The minimum Gasteiger partial charge on any atom is -0.372 e. The molecule has 0 spiro atoms. The third-order valence-corrected chi connectivity index (χ3v) is 2.84. The van der Waals surface area contributed by atoms with Gasteiger partial charge in [0.2, 0.25) is 0 Å². The molecule has 0 heterocycles. The van der Waals surface area contributed by atoms with Crippen LogP contribution in [-0.2, 0) is 0 Å². The maximum absolute atomic E-state index is 3.49. The molecule has 1 aromatic rings. The number of rotatable bonds is 8. The van der Waals surface area contributed by atoms with Crippen LogP contribution in [0, 0.1) is 5.92 Å². The number of benzene rings is 1. The number of hydrogen-bond acceptors (Lipinski definition) is 2. The zero-order chi connectivity index (χ0) is 12.5. The van der Waals surface area contributed by atoms with Gasteiger partial charge in [-0.3, -0.25) is 0 Å². The molecule has 17 heavy (non-hydrogen) atoms. The van der Waals surface area contributed by atoms with Crippen LogP contribution in [0.4, 0.5) is 5.69 Å². The van der Waals surface area contributed by atoms with Gasteiger partial charge in [-0.1, -0.05) is 32.0 Å². The summed E-state index contributed by atoms with van der Waals surface area (Å²) in [5.74, 6) is 0.742. The summed E-state index contributed by atoms with van der Waals surface area (Å²) in [6.07, 6.45) is 1.20. The summed E-state index contributed by atoms with van der Waals surface area (Å²) < 4.78 is 0. The first-order valence-corrected chi connectivity index (χ1v) is 6.74. The number of nitrogens with one attached hydrogen (secondary N) is 1. The van der Waals surface area contributed by atoms with E-state index in [4.69, 9.17) is 0 Å². The van der Waals surface area contributed by atoms with Crippen molar-refractivity contribution in [3.8, 4) is 0 Å². The van der Waals surface area contributed by atoms with Crippen molar-refractivity contribution in [2.45, 2.75) is 27.2 Å². The van der Waals surface area contributed by atoms with Gasteiger partial charge >= 0.3 is 0 Å². The maximum atomic E-state index is 3.49. The summed E-state index contributed by atoms with van der Waals surface area (Å²) in [6, 6.07) is 10.7. The number of nitrogens with zero attached hydrogens (tertiary/aromatic N) is 1. The average Bonchev–Trinajstić information content (AvgIpc) is 2.34. The van der Waals surface area contributed by atoms with Gasteiger partial charge in [-0.15, -0.1) is 0 Å². The molecule has 0 aromatic heterocycles. The van der Waals surface area contributed by atoms with Crippen molar-refractivity contribution in [1.29, 1.82) is 0 Å². The molecule has 1 N–H and O–H groups in total. The highest BCUT2D eigenvalue weighted by Crippen LogP contribution is 2.12. The summed E-state index contributed by atoms with van der Waals surface area (Å²) >= 11 is 0. The van der Waals surface area contributed by atoms with Gasteiger partial charge in [0, 0.05) is 18.8 Å². The molecule has 0 bridgehead atoms. The molecule has 0 unspecified atom stereocenters. The topological polar surface area (TPSA) is 15.3 Å². The highest BCUT2D eigenvalue weighted by atomic mass is 15.1. The zero-order valence-electron chi connectivity index (χ0n) is 11.4. The quantitative estimate of drug-likeness (QED) is 0.695. The second-order valence-electron chi connectivity index (χ2n) is 4.87. The van der Waals surface area contributed by atoms with Crippen molar-refractivity contribution in [2.24, 2.45) is 5.92 Å². The lowest BCUT2D eigenvalue weighted by Gasteiger charge is -2.23. The third kappa shape index (κ3) is 5.73. The van der Waals surface area contributed by atoms with E-state index in [0.717, 1.165) is 32.1 Å². The predicted octanol–water partition coefficient (Wildman–Crippen LogP) is 3.15. The minimum absolute atomic E-state index is 0.742. The summed E-state index contributed by atoms with van der Waals surface area (Å²) in [6.45, 7) is 11.2. The first kappa shape index (κ1) is 14.0. The number of hydrogen-bond donors (Lipinski definition) is 1. The summed E-state index contributed by atoms with van der Waals surface area (Å²) in [4.78, 5) is 2.43. The third-order valence-electron chi connectivity index (χ3n) is 2.84. The van der Waals surface area contributed by atoms with Gasteiger partial charge in [-0.2, -0.15) is 0 Å². The van der Waals surface area contributed by atoms with E-state index in [1.165, 1.54) is 12.1 Å². The molecule has 0 aliphatic heterocycles. The van der Waals surface area contributed by atoms with E-state index >= 15 is 0 Å². The molecule has 2 heteroatoms. The molecular weight excluding hydrogens is 208 g/mol. The lowest BCUT2D eigenvalue weighted by Crippen LogP contribution is -2.28. The van der Waals surface area contributed by atoms with Crippen molar-refractivity contribution in [3.63, 3.8) is 0 Å². The van der Waals surface area contributed by atoms with Crippen LogP contribution >= 0.6 is 0 Å². The zero-order valence-corrected chi connectivity index (χ0v) is 11.4. The van der Waals surface area contributed by atoms with Crippen LogP contribution in [0.5, 0.6) is 0 Å². The lowest BCUT2D eigenvalue weighted by atomic mass is 10.2. The molecule has 0 saturated carbocycles. The fraction of sp³-hybridized carbons (Fsp3) is 0.600. The van der Waals surface area contributed by atoms with Gasteiger partial charge in [0.25, 0.3) is 0 Å². The molecule has 0 fully saturated rings. The van der Waals surface area contributed by atoms with E-state index < -0.39 is 0 Å². The first-order chi connectivity index (χ1) is 8.24. The smallest absolute Gasteiger partial charge is 0.0366 e. The first-order valence-electron chi connectivity index (χ1n) is 6.74. The van der Waals surface area contributed by atoms with Crippen LogP contribution in [0.3, 0.4) is 0 Å². The molecule has 96 valence electrons. The van der Waals surface area contributed by atoms with Crippen LogP contribution in [0.25, 0.3) is 0 Å². The summed E-state index contributed by atoms with van der Waals surface area (Å²) in [5.41, 5.74) is 1.33. The maximum Gasteiger partial charge on any atom is 0.0366 e. The Hall–Kier alpha value is -1.02. The van der Waals surface area contributed by atoms with Crippen molar-refractivity contribution in [2.75, 3.05) is 31.1 Å². The largest absolute Gasteiger partial charge is 0.372 e. The Labute approximate surface area is 106 Å². The van der Waals surface area contributed by atoms with Gasteiger partial charge in [-0.25, -0.2) is 0 Å². The van der Waals surface area contributed by atoms with Gasteiger partial charge in [-0.05, 0) is 44.5 Å². The Bertz CT molecular complexity index is 282. The Morgan fingerprint density at radius 1 is 1.18 bits per heavy atom. The van der Waals surface area contributed by atoms with E-state index in [1.54, 1.807) is 0 Å². The van der Waals surface area contributed by atoms with Gasteiger partial charge in [0.05, 0.1) is 0 Å². The van der Waals surface area contributed by atoms with Crippen molar-refractivity contribution in [1.82, 2.24) is 5.32 Å². The highest BCUT2D eigenvalue weighted by Gasteiger charge is 2.02. The summed E-state index contributed by atoms with van der Waals surface area (Å²) in [5, 5.41) is 3.49. The molecule has 0 radical (unpaired) electrons. The molecule has 0 saturated heterocycles. The standard InChI is InChI=1S/C15H26N2/c1-4-17(15-9-6-5-7-10-15)12-8-11-16-13-14(2)3/h5-7,9-10,14,16H,4,8,11-13H2,1-3H3. The average molecular weight is 234 g/mol. The Morgan fingerprint density at radius 2 is 1.88 bits per heavy atom. The van der Waals surface area contributed by atoms with E-state index in [0.29, 0.717) is 0 Å².